The number of amides is 3. The average Bonchev–Trinajstić information content (AvgIpc) is 4.12. The molecule has 1 saturated carbocycles. The summed E-state index contributed by atoms with van der Waals surface area (Å²) in [6.45, 7) is 4.36. The summed E-state index contributed by atoms with van der Waals surface area (Å²) >= 11 is 0. The number of rotatable bonds is 9. The largest absolute Gasteiger partial charge is 0.375 e. The summed E-state index contributed by atoms with van der Waals surface area (Å²) in [4.78, 5) is 60.6. The number of ether oxygens (including phenoxy) is 2. The Balaban J connectivity index is 0.746. The van der Waals surface area contributed by atoms with Gasteiger partial charge in [0.05, 0.1) is 66.0 Å². The first-order valence-electron chi connectivity index (χ1n) is 21.4. The minimum Gasteiger partial charge on any atom is -0.375 e. The predicted molar refractivity (Wildman–Crippen MR) is 221 cm³/mol. The first kappa shape index (κ1) is 40.1. The number of halogens is 2. The Morgan fingerprint density at radius 1 is 1.06 bits per heavy atom. The first-order chi connectivity index (χ1) is 30.1. The number of imidazole rings is 1. The Morgan fingerprint density at radius 3 is 2.69 bits per heavy atom. The van der Waals surface area contributed by atoms with Crippen molar-refractivity contribution >= 4 is 45.9 Å². The molecule has 2 bridgehead atoms. The molecule has 1 aromatic carbocycles. The summed E-state index contributed by atoms with van der Waals surface area (Å²) in [5, 5.41) is 13.6. The van der Waals surface area contributed by atoms with E-state index >= 15 is 0 Å². The Bertz CT molecular complexity index is 2690. The second-order valence-electron chi connectivity index (χ2n) is 17.1. The van der Waals surface area contributed by atoms with E-state index in [-0.39, 0.29) is 60.0 Å². The van der Waals surface area contributed by atoms with E-state index in [1.165, 1.54) is 26.0 Å². The van der Waals surface area contributed by atoms with Gasteiger partial charge in [0, 0.05) is 58.5 Å². The number of hydrogen-bond donors (Lipinski definition) is 2. The Hall–Kier alpha value is -5.97. The Kier molecular flexibility index (Phi) is 10.6. The van der Waals surface area contributed by atoms with Crippen LogP contribution in [0.15, 0.2) is 47.7 Å². The van der Waals surface area contributed by atoms with Crippen LogP contribution in [0.5, 0.6) is 0 Å². The maximum Gasteiger partial charge on any atom is 0.329 e. The van der Waals surface area contributed by atoms with E-state index in [0.29, 0.717) is 47.8 Å². The zero-order valence-electron chi connectivity index (χ0n) is 34.2. The molecule has 8 heterocycles. The van der Waals surface area contributed by atoms with Gasteiger partial charge in [-0.25, -0.2) is 23.1 Å². The molecule has 19 heteroatoms. The number of benzene rings is 1. The fraction of sp³-hybridized carbons (Fsp3) is 0.512. The molecule has 5 aliphatic rings. The maximum atomic E-state index is 14.3. The van der Waals surface area contributed by atoms with Gasteiger partial charge in [-0.1, -0.05) is 17.9 Å². The van der Waals surface area contributed by atoms with Gasteiger partial charge in [-0.3, -0.25) is 38.4 Å². The van der Waals surface area contributed by atoms with Crippen LogP contribution >= 0.6 is 0 Å². The van der Waals surface area contributed by atoms with Gasteiger partial charge in [0.1, 0.15) is 17.4 Å². The van der Waals surface area contributed by atoms with Crippen molar-refractivity contribution < 1.29 is 32.6 Å². The molecule has 2 N–H and O–H groups in total. The highest BCUT2D eigenvalue weighted by Crippen LogP contribution is 2.36. The smallest absolute Gasteiger partial charge is 0.329 e. The summed E-state index contributed by atoms with van der Waals surface area (Å²) in [5.41, 5.74) is 1.59. The molecule has 0 spiro atoms. The van der Waals surface area contributed by atoms with E-state index in [1.807, 2.05) is 18.2 Å². The molecule has 0 radical (unpaired) electrons. The van der Waals surface area contributed by atoms with Gasteiger partial charge >= 0.3 is 5.69 Å². The number of fused-ring (bicyclic) bond motifs is 4. The van der Waals surface area contributed by atoms with Crippen molar-refractivity contribution in [2.45, 2.75) is 88.1 Å². The molecule has 62 heavy (non-hydrogen) atoms. The maximum absolute atomic E-state index is 14.3. The summed E-state index contributed by atoms with van der Waals surface area (Å²) in [5.74, 6) is 6.25. The average molecular weight is 852 g/mol. The fourth-order valence-electron chi connectivity index (χ4n) is 9.96. The number of morpholine rings is 2. The second-order valence-corrected chi connectivity index (χ2v) is 17.1. The number of imide groups is 1. The van der Waals surface area contributed by atoms with Crippen LogP contribution in [0.4, 0.5) is 20.3 Å². The van der Waals surface area contributed by atoms with Gasteiger partial charge in [-0.15, -0.1) is 0 Å². The number of piperidine rings is 1. The highest BCUT2D eigenvalue weighted by Gasteiger charge is 2.40. The number of hydrogen-bond acceptors (Lipinski definition) is 11. The van der Waals surface area contributed by atoms with Gasteiger partial charge in [0.15, 0.2) is 11.3 Å². The third-order valence-electron chi connectivity index (χ3n) is 13.1. The molecule has 4 atom stereocenters. The SMILES string of the molecule is Cn1c(=O)n(C2CCC(=O)NC2=O)c2cccc(C#CC[C@@H]3CN(C[C@H]4CC[C@H](n5cc(NC(=O)c6cnn7ccc(N8C[C@H]9C[C@@H]8CO9)nc67)c(C(F)F)n5)CC4)CCO3)c21. The van der Waals surface area contributed by atoms with Crippen molar-refractivity contribution in [3.63, 3.8) is 0 Å². The number of carbonyl (C=O) groups excluding carboxylic acids is 3. The lowest BCUT2D eigenvalue weighted by atomic mass is 9.85. The van der Waals surface area contributed by atoms with Gasteiger partial charge in [0.2, 0.25) is 11.8 Å². The van der Waals surface area contributed by atoms with Crippen molar-refractivity contribution in [2.75, 3.05) is 49.6 Å². The number of nitrogens with one attached hydrogen (secondary N) is 2. The molecule has 1 unspecified atom stereocenters. The molecule has 4 aliphatic heterocycles. The highest BCUT2D eigenvalue weighted by molar-refractivity contribution is 6.08. The number of carbonyl (C=O) groups is 3. The zero-order valence-corrected chi connectivity index (χ0v) is 34.2. The van der Waals surface area contributed by atoms with Crippen LogP contribution < -0.4 is 21.2 Å². The lowest BCUT2D eigenvalue weighted by molar-refractivity contribution is -0.135. The van der Waals surface area contributed by atoms with Gasteiger partial charge in [-0.05, 0) is 62.6 Å². The molecule has 17 nitrogen and oxygen atoms in total. The highest BCUT2D eigenvalue weighted by atomic mass is 19.3. The van der Waals surface area contributed by atoms with Gasteiger partial charge in [0.25, 0.3) is 12.3 Å². The second kappa shape index (κ2) is 16.4. The number of anilines is 2. The van der Waals surface area contributed by atoms with Crippen molar-refractivity contribution in [2.24, 2.45) is 13.0 Å². The van der Waals surface area contributed by atoms with E-state index in [2.05, 4.69) is 42.5 Å². The molecule has 1 aliphatic carbocycles. The molecule has 5 fully saturated rings. The molecule has 4 saturated heterocycles. The van der Waals surface area contributed by atoms with Crippen LogP contribution in [0.25, 0.3) is 16.7 Å². The summed E-state index contributed by atoms with van der Waals surface area (Å²) in [6, 6.07) is 6.71. The summed E-state index contributed by atoms with van der Waals surface area (Å²) < 4.78 is 46.5. The summed E-state index contributed by atoms with van der Waals surface area (Å²) in [7, 11) is 1.66. The van der Waals surface area contributed by atoms with Crippen LogP contribution in [0.3, 0.4) is 0 Å². The molecule has 10 rings (SSSR count). The van der Waals surface area contributed by atoms with Gasteiger partial charge in [-0.2, -0.15) is 10.2 Å². The van der Waals surface area contributed by atoms with Crippen molar-refractivity contribution in [1.29, 1.82) is 0 Å². The van der Waals surface area contributed by atoms with Crippen LogP contribution in [0, 0.1) is 17.8 Å². The Morgan fingerprint density at radius 2 is 1.92 bits per heavy atom. The van der Waals surface area contributed by atoms with Gasteiger partial charge < -0.3 is 19.7 Å². The van der Waals surface area contributed by atoms with E-state index in [0.717, 1.165) is 64.1 Å². The van der Waals surface area contributed by atoms with Crippen molar-refractivity contribution in [3.05, 3.63) is 70.2 Å². The topological polar surface area (TPSA) is 175 Å². The van der Waals surface area contributed by atoms with E-state index in [1.54, 1.807) is 24.0 Å². The van der Waals surface area contributed by atoms with E-state index < -0.39 is 30.0 Å². The van der Waals surface area contributed by atoms with E-state index in [4.69, 9.17) is 14.5 Å². The number of nitrogens with zero attached hydrogens (tertiary/aromatic N) is 9. The monoisotopic (exact) mass is 851 g/mol. The van der Waals surface area contributed by atoms with E-state index in [9.17, 15) is 28.0 Å². The normalized spacial score (nSPS) is 25.5. The van der Waals surface area contributed by atoms with Crippen molar-refractivity contribution in [3.8, 4) is 11.8 Å². The molecule has 3 amide bonds. The lowest BCUT2D eigenvalue weighted by Crippen LogP contribution is -2.44. The van der Waals surface area contributed by atoms with Crippen LogP contribution in [-0.2, 0) is 26.1 Å². The number of aromatic nitrogens is 7. The predicted octanol–water partition coefficient (Wildman–Crippen LogP) is 3.60. The standard InChI is InChI=1S/C43H47F2N11O6/c1-51-38-26(5-3-7-33(38)56(43(51)60)34-12-13-36(57)49-42(34)59)4-2-6-29-21-52(16-17-61-29)20-25-8-10-27(11-9-25)55-23-32(37(50-55)39(44)45)47-41(58)31-19-46-54-15-14-35(48-40(31)54)53-22-30-18-28(53)24-62-30/h3,5,7,14-15,19,23,25,27-30,34,39H,6,8-13,16-18,20-22,24H2,1H3,(H,47,58)(H,49,57,59)/t25-,27-,28-,29-,30-,34?/m1/s1. The first-order valence-corrected chi connectivity index (χ1v) is 21.4. The van der Waals surface area contributed by atoms with Crippen LogP contribution in [0.1, 0.15) is 91.5 Å². The third-order valence-corrected chi connectivity index (χ3v) is 13.1. The molecular formula is C43H47F2N11O6. The number of alkyl halides is 2. The lowest BCUT2D eigenvalue weighted by Gasteiger charge is -2.36. The molecular weight excluding hydrogens is 805 g/mol. The number of para-hydroxylation sites is 1. The molecule has 324 valence electrons. The third kappa shape index (κ3) is 7.53. The molecule has 5 aromatic rings. The fourth-order valence-corrected chi connectivity index (χ4v) is 9.96. The quantitative estimate of drug-likeness (QED) is 0.164. The van der Waals surface area contributed by atoms with Crippen LogP contribution in [-0.4, -0.2) is 114 Å². The van der Waals surface area contributed by atoms with Crippen molar-refractivity contribution in [1.82, 2.24) is 43.7 Å². The summed E-state index contributed by atoms with van der Waals surface area (Å²) in [6.07, 6.45) is 7.08. The molecule has 4 aromatic heterocycles. The number of aryl methyl sites for hydroxylation is 1. The zero-order chi connectivity index (χ0) is 42.6. The van der Waals surface area contributed by atoms with Crippen LogP contribution in [0.2, 0.25) is 0 Å². The minimum absolute atomic E-state index is 0.0227. The Labute approximate surface area is 354 Å². The minimum atomic E-state index is -2.88.